The van der Waals surface area contributed by atoms with Crippen molar-refractivity contribution in [1.82, 2.24) is 4.98 Å². The second-order valence-electron chi connectivity index (χ2n) is 13.3. The highest BCUT2D eigenvalue weighted by atomic mass is 14.8. The van der Waals surface area contributed by atoms with E-state index >= 15 is 0 Å². The van der Waals surface area contributed by atoms with Gasteiger partial charge in [-0.25, -0.2) is 9.98 Å². The molecule has 3 heterocycles. The van der Waals surface area contributed by atoms with E-state index in [1.54, 1.807) is 0 Å². The number of para-hydroxylation sites is 2. The molecule has 2 aliphatic rings. The molecule has 0 saturated heterocycles. The summed E-state index contributed by atoms with van der Waals surface area (Å²) in [6.07, 6.45) is 0. The second kappa shape index (κ2) is 10.8. The zero-order valence-electron chi connectivity index (χ0n) is 27.6. The lowest BCUT2D eigenvalue weighted by atomic mass is 9.81. The predicted octanol–water partition coefficient (Wildman–Crippen LogP) is 11.5. The number of rotatable bonds is 4. The van der Waals surface area contributed by atoms with Gasteiger partial charge in [-0.05, 0) is 63.7 Å². The Morgan fingerprint density at radius 2 is 1.04 bits per heavy atom. The molecular weight excluding hydrogens is 619 g/mol. The van der Waals surface area contributed by atoms with E-state index in [4.69, 9.17) is 9.98 Å². The van der Waals surface area contributed by atoms with Gasteiger partial charge in [0.15, 0.2) is 0 Å². The molecule has 1 N–H and O–H groups in total. The average molecular weight is 648 g/mol. The molecule has 0 amide bonds. The molecule has 0 spiro atoms. The number of benzene rings is 8. The van der Waals surface area contributed by atoms with Crippen LogP contribution < -0.4 is 10.7 Å². The molecule has 2 aliphatic heterocycles. The van der Waals surface area contributed by atoms with Crippen molar-refractivity contribution in [3.63, 3.8) is 0 Å². The van der Waals surface area contributed by atoms with E-state index in [0.29, 0.717) is 0 Å². The Morgan fingerprint density at radius 3 is 1.88 bits per heavy atom. The van der Waals surface area contributed by atoms with Gasteiger partial charge < -0.3 is 4.98 Å². The standard InChI is InChI=1S/C48H29N3/c1-3-13-29(14-4-1)31-17-7-8-18-33(31)36-25-27-41-45(46-42(49-41)28-26-38-35-20-10-12-22-40(35)51-48(38)46)43(36)44-32(30-15-5-2-6-16-30)23-24-37-34-19-9-11-21-39(34)50-47(37)44/h1-28,50H. The minimum atomic E-state index is 0.958. The zero-order valence-corrected chi connectivity index (χ0v) is 27.6. The number of hydrogen-bond acceptors (Lipinski definition) is 2. The number of fused-ring (bicyclic) bond motifs is 9. The van der Waals surface area contributed by atoms with Crippen LogP contribution in [0.15, 0.2) is 180 Å². The van der Waals surface area contributed by atoms with Crippen LogP contribution in [0.2, 0.25) is 0 Å². The number of aromatic amines is 1. The SMILES string of the molecule is c1ccc(-c2ccccc2-c2ccc3c(c2-c2c(-c4ccccc4)ccc4c2[nH]c2ccccc24)-c2c4c(ccc2=N3)=c2ccccc2=N4)cc1. The van der Waals surface area contributed by atoms with E-state index in [2.05, 4.69) is 175 Å². The van der Waals surface area contributed by atoms with Crippen molar-refractivity contribution >= 4 is 33.2 Å². The highest BCUT2D eigenvalue weighted by Crippen LogP contribution is 2.54. The fourth-order valence-electron chi connectivity index (χ4n) is 8.35. The molecular formula is C48H29N3. The van der Waals surface area contributed by atoms with Crippen LogP contribution in [0.1, 0.15) is 0 Å². The van der Waals surface area contributed by atoms with Gasteiger partial charge in [0.25, 0.3) is 0 Å². The van der Waals surface area contributed by atoms with E-state index in [1.807, 2.05) is 0 Å². The fraction of sp³-hybridized carbons (Fsp3) is 0. The molecule has 51 heavy (non-hydrogen) atoms. The van der Waals surface area contributed by atoms with Crippen molar-refractivity contribution in [3.8, 4) is 55.6 Å². The highest BCUT2D eigenvalue weighted by molar-refractivity contribution is 6.19. The van der Waals surface area contributed by atoms with Crippen molar-refractivity contribution in [1.29, 1.82) is 0 Å². The van der Waals surface area contributed by atoms with Crippen molar-refractivity contribution in [2.75, 3.05) is 0 Å². The normalized spacial score (nSPS) is 12.2. The van der Waals surface area contributed by atoms with Crippen molar-refractivity contribution < 1.29 is 0 Å². The third-order valence-corrected chi connectivity index (χ3v) is 10.6. The molecule has 3 nitrogen and oxygen atoms in total. The number of aromatic nitrogens is 1. The number of nitrogens with zero attached hydrogens (tertiary/aromatic N) is 2. The maximum atomic E-state index is 5.31. The van der Waals surface area contributed by atoms with E-state index in [9.17, 15) is 0 Å². The maximum absolute atomic E-state index is 5.31. The van der Waals surface area contributed by atoms with Crippen LogP contribution >= 0.6 is 0 Å². The molecule has 0 aliphatic carbocycles. The Hall–Kier alpha value is -6.84. The highest BCUT2D eigenvalue weighted by Gasteiger charge is 2.30. The summed E-state index contributed by atoms with van der Waals surface area (Å²) < 4.78 is 0. The first-order valence-corrected chi connectivity index (χ1v) is 17.4. The summed E-state index contributed by atoms with van der Waals surface area (Å²) in [5, 5.41) is 6.69. The monoisotopic (exact) mass is 647 g/mol. The van der Waals surface area contributed by atoms with Crippen LogP contribution in [0.3, 0.4) is 0 Å². The van der Waals surface area contributed by atoms with Crippen LogP contribution in [0, 0.1) is 10.4 Å². The number of nitrogens with one attached hydrogen (secondary N) is 1. The predicted molar refractivity (Wildman–Crippen MR) is 209 cm³/mol. The van der Waals surface area contributed by atoms with Gasteiger partial charge in [0.05, 0.1) is 27.6 Å². The first-order chi connectivity index (χ1) is 25.3. The van der Waals surface area contributed by atoms with Crippen LogP contribution in [-0.2, 0) is 0 Å². The summed E-state index contributed by atoms with van der Waals surface area (Å²) >= 11 is 0. The van der Waals surface area contributed by atoms with E-state index in [-0.39, 0.29) is 0 Å². The first kappa shape index (κ1) is 28.0. The minimum absolute atomic E-state index is 0.958. The lowest BCUT2D eigenvalue weighted by Crippen LogP contribution is -2.02. The van der Waals surface area contributed by atoms with Gasteiger partial charge in [-0.1, -0.05) is 140 Å². The molecule has 0 fully saturated rings. The summed E-state index contributed by atoms with van der Waals surface area (Å²) in [7, 11) is 0. The lowest BCUT2D eigenvalue weighted by molar-refractivity contribution is 1.36. The summed E-state index contributed by atoms with van der Waals surface area (Å²) in [6, 6.07) is 60.8. The zero-order chi connectivity index (χ0) is 33.5. The molecule has 1 aromatic heterocycles. The smallest absolute Gasteiger partial charge is 0.0817 e. The van der Waals surface area contributed by atoms with Gasteiger partial charge in [-0.15, -0.1) is 0 Å². The summed E-state index contributed by atoms with van der Waals surface area (Å²) in [4.78, 5) is 14.5. The topological polar surface area (TPSA) is 40.5 Å². The molecule has 9 aromatic rings. The van der Waals surface area contributed by atoms with E-state index in [0.717, 1.165) is 60.6 Å². The Bertz CT molecular complexity index is 3120. The van der Waals surface area contributed by atoms with Crippen LogP contribution in [0.5, 0.6) is 0 Å². The average Bonchev–Trinajstić information content (AvgIpc) is 3.89. The van der Waals surface area contributed by atoms with Crippen molar-refractivity contribution in [2.45, 2.75) is 0 Å². The Balaban J connectivity index is 1.35. The number of hydrogen-bond donors (Lipinski definition) is 1. The summed E-state index contributed by atoms with van der Waals surface area (Å²) in [5.74, 6) is 0. The van der Waals surface area contributed by atoms with Crippen LogP contribution in [-0.4, -0.2) is 4.98 Å². The second-order valence-corrected chi connectivity index (χ2v) is 13.3. The molecule has 0 unspecified atom stereocenters. The van der Waals surface area contributed by atoms with E-state index in [1.165, 1.54) is 49.4 Å². The molecule has 0 radical (unpaired) electrons. The van der Waals surface area contributed by atoms with Gasteiger partial charge in [-0.3, -0.25) is 0 Å². The molecule has 8 aromatic carbocycles. The summed E-state index contributed by atoms with van der Waals surface area (Å²) in [6.45, 7) is 0. The third-order valence-electron chi connectivity index (χ3n) is 10.6. The van der Waals surface area contributed by atoms with Gasteiger partial charge >= 0.3 is 0 Å². The molecule has 11 rings (SSSR count). The minimum Gasteiger partial charge on any atom is -0.354 e. The molecule has 0 saturated carbocycles. The molecule has 236 valence electrons. The van der Waals surface area contributed by atoms with Crippen LogP contribution in [0.4, 0.5) is 11.4 Å². The quantitative estimate of drug-likeness (QED) is 0.197. The lowest BCUT2D eigenvalue weighted by Gasteiger charge is -2.22. The Labute approximate surface area is 293 Å². The van der Waals surface area contributed by atoms with Gasteiger partial charge in [0.1, 0.15) is 0 Å². The molecule has 3 heteroatoms. The van der Waals surface area contributed by atoms with Gasteiger partial charge in [0.2, 0.25) is 0 Å². The largest absolute Gasteiger partial charge is 0.354 e. The van der Waals surface area contributed by atoms with Crippen molar-refractivity contribution in [2.24, 2.45) is 9.98 Å². The number of H-pyrrole nitrogens is 1. The van der Waals surface area contributed by atoms with E-state index < -0.39 is 0 Å². The molecule has 0 atom stereocenters. The van der Waals surface area contributed by atoms with Crippen molar-refractivity contribution in [3.05, 3.63) is 191 Å². The van der Waals surface area contributed by atoms with Gasteiger partial charge in [-0.2, -0.15) is 0 Å². The third kappa shape index (κ3) is 4.12. The molecule has 0 bridgehead atoms. The van der Waals surface area contributed by atoms with Crippen LogP contribution in [0.25, 0.3) is 77.4 Å². The Morgan fingerprint density at radius 1 is 0.353 bits per heavy atom. The Kier molecular flexibility index (Phi) is 5.96. The first-order valence-electron chi connectivity index (χ1n) is 17.4. The maximum Gasteiger partial charge on any atom is 0.0817 e. The van der Waals surface area contributed by atoms with Gasteiger partial charge in [0, 0.05) is 49.0 Å². The fourth-order valence-corrected chi connectivity index (χ4v) is 8.35. The summed E-state index contributed by atoms with van der Waals surface area (Å²) in [5.41, 5.74) is 15.8.